The summed E-state index contributed by atoms with van der Waals surface area (Å²) in [6.07, 6.45) is 10.5. The lowest BCUT2D eigenvalue weighted by Crippen LogP contribution is -2.42. The number of fused-ring (bicyclic) bond motifs is 2. The van der Waals surface area contributed by atoms with Gasteiger partial charge in [0.15, 0.2) is 11.3 Å². The number of hydrogen-bond donors (Lipinski definition) is 0. The highest BCUT2D eigenvalue weighted by Gasteiger charge is 2.31. The van der Waals surface area contributed by atoms with E-state index in [0.717, 1.165) is 66.0 Å². The second-order valence-corrected chi connectivity index (χ2v) is 16.2. The SMILES string of the molecule is COc1cc(C2CCCN(C(=O)OC(C)(C)C)C2)nc2c(-c3cnn(C)c3)cnn12.COc1cc(C2CCCN(C(=O)OC(C)(C)C)C2)nc2c(C)cnn12. The molecule has 0 saturated carbocycles. The normalized spacial score (nSPS) is 17.9. The molecular weight excluding hydrogens is 704 g/mol. The van der Waals surface area contributed by atoms with Gasteiger partial charge in [-0.1, -0.05) is 0 Å². The maximum atomic E-state index is 12.6. The zero-order chi connectivity index (χ0) is 39.7. The van der Waals surface area contributed by atoms with Gasteiger partial charge in [0.1, 0.15) is 11.2 Å². The molecule has 0 N–H and O–H groups in total. The fourth-order valence-electron chi connectivity index (χ4n) is 6.91. The molecule has 16 nitrogen and oxygen atoms in total. The molecule has 2 unspecified atom stereocenters. The number of carbonyl (C=O) groups is 2. The standard InChI is InChI=1S/C21H28N6O3.C18H26N4O3/c1-21(2,3)30-20(28)26-8-6-7-14(13-26)17-9-18(29-5)27-19(24-17)16(11-23-27)15-10-22-25(4)12-15;1-12-10-19-22-15(24-5)9-14(20-16(12)22)13-7-6-8-21(11-13)17(23)25-18(2,3)4/h9-12,14H,6-8,13H2,1-5H3;9-10,13H,6-8,11H2,1-5H3. The molecule has 7 rings (SSSR count). The van der Waals surface area contributed by atoms with Crippen molar-refractivity contribution in [2.75, 3.05) is 40.4 Å². The Morgan fingerprint density at radius 1 is 0.709 bits per heavy atom. The van der Waals surface area contributed by atoms with Crippen LogP contribution in [0.5, 0.6) is 11.8 Å². The summed E-state index contributed by atoms with van der Waals surface area (Å²) in [5.41, 5.74) is 5.16. The first-order valence-corrected chi connectivity index (χ1v) is 18.8. The van der Waals surface area contributed by atoms with Gasteiger partial charge in [-0.15, -0.1) is 0 Å². The molecule has 0 bridgehead atoms. The lowest BCUT2D eigenvalue weighted by molar-refractivity contribution is 0.0187. The highest BCUT2D eigenvalue weighted by Crippen LogP contribution is 2.33. The van der Waals surface area contributed by atoms with Crippen LogP contribution in [0.3, 0.4) is 0 Å². The van der Waals surface area contributed by atoms with Gasteiger partial charge >= 0.3 is 12.2 Å². The van der Waals surface area contributed by atoms with Gasteiger partial charge in [0, 0.05) is 80.1 Å². The van der Waals surface area contributed by atoms with Crippen LogP contribution < -0.4 is 9.47 Å². The predicted molar refractivity (Wildman–Crippen MR) is 206 cm³/mol. The van der Waals surface area contributed by atoms with E-state index in [9.17, 15) is 9.59 Å². The Labute approximate surface area is 321 Å². The Balaban J connectivity index is 0.000000190. The van der Waals surface area contributed by atoms with Crippen molar-refractivity contribution in [2.24, 2.45) is 7.05 Å². The minimum Gasteiger partial charge on any atom is -0.481 e. The summed E-state index contributed by atoms with van der Waals surface area (Å²) in [7, 11) is 5.13. The number of rotatable bonds is 5. The van der Waals surface area contributed by atoms with Gasteiger partial charge in [-0.25, -0.2) is 19.6 Å². The van der Waals surface area contributed by atoms with Crippen molar-refractivity contribution in [1.82, 2.24) is 48.8 Å². The number of aromatic nitrogens is 8. The van der Waals surface area contributed by atoms with E-state index in [1.54, 1.807) is 56.3 Å². The molecule has 7 heterocycles. The third kappa shape index (κ3) is 9.11. The van der Waals surface area contributed by atoms with Crippen molar-refractivity contribution in [3.8, 4) is 22.9 Å². The zero-order valence-electron chi connectivity index (χ0n) is 33.7. The molecule has 55 heavy (non-hydrogen) atoms. The first-order chi connectivity index (χ1) is 26.0. The van der Waals surface area contributed by atoms with E-state index in [4.69, 9.17) is 28.9 Å². The molecule has 296 valence electrons. The van der Waals surface area contributed by atoms with Crippen LogP contribution in [0, 0.1) is 6.92 Å². The highest BCUT2D eigenvalue weighted by atomic mass is 16.6. The minimum atomic E-state index is -0.513. The van der Waals surface area contributed by atoms with Crippen LogP contribution in [-0.2, 0) is 16.5 Å². The van der Waals surface area contributed by atoms with Crippen LogP contribution in [0.15, 0.2) is 36.9 Å². The Bertz CT molecular complexity index is 2140. The zero-order valence-corrected chi connectivity index (χ0v) is 33.7. The average molecular weight is 759 g/mol. The second-order valence-electron chi connectivity index (χ2n) is 16.2. The van der Waals surface area contributed by atoms with E-state index < -0.39 is 11.2 Å². The van der Waals surface area contributed by atoms with Gasteiger partial charge in [-0.2, -0.15) is 24.3 Å². The summed E-state index contributed by atoms with van der Waals surface area (Å²) in [6.45, 7) is 15.9. The molecule has 5 aromatic heterocycles. The second kappa shape index (κ2) is 15.7. The van der Waals surface area contributed by atoms with Crippen molar-refractivity contribution < 1.29 is 28.5 Å². The van der Waals surface area contributed by atoms with Crippen LogP contribution in [0.2, 0.25) is 0 Å². The molecule has 2 amide bonds. The highest BCUT2D eigenvalue weighted by molar-refractivity contribution is 5.76. The number of aryl methyl sites for hydroxylation is 2. The van der Waals surface area contributed by atoms with Gasteiger partial charge in [-0.3, -0.25) is 4.68 Å². The molecule has 2 fully saturated rings. The number of ether oxygens (including phenoxy) is 4. The summed E-state index contributed by atoms with van der Waals surface area (Å²) in [4.78, 5) is 38.2. The van der Waals surface area contributed by atoms with E-state index in [2.05, 4.69) is 15.3 Å². The summed E-state index contributed by atoms with van der Waals surface area (Å²) in [5, 5.41) is 13.0. The lowest BCUT2D eigenvalue weighted by Gasteiger charge is -2.34. The van der Waals surface area contributed by atoms with Gasteiger partial charge in [0.05, 0.1) is 44.2 Å². The minimum absolute atomic E-state index is 0.0989. The number of amides is 2. The maximum absolute atomic E-state index is 12.6. The number of hydrogen-bond acceptors (Lipinski definition) is 11. The number of carbonyl (C=O) groups excluding carboxylic acids is 2. The molecule has 2 aliphatic heterocycles. The van der Waals surface area contributed by atoms with Gasteiger partial charge in [0.2, 0.25) is 11.8 Å². The average Bonchev–Trinajstić information content (AvgIpc) is 3.88. The summed E-state index contributed by atoms with van der Waals surface area (Å²) in [6, 6.07) is 3.83. The lowest BCUT2D eigenvalue weighted by atomic mass is 9.94. The van der Waals surface area contributed by atoms with Crippen LogP contribution in [0.4, 0.5) is 9.59 Å². The van der Waals surface area contributed by atoms with Gasteiger partial charge < -0.3 is 28.7 Å². The first-order valence-electron chi connectivity index (χ1n) is 18.8. The molecule has 0 spiro atoms. The summed E-state index contributed by atoms with van der Waals surface area (Å²) in [5.74, 6) is 1.53. The third-order valence-corrected chi connectivity index (χ3v) is 9.51. The quantitative estimate of drug-likeness (QED) is 0.195. The largest absolute Gasteiger partial charge is 0.481 e. The molecule has 0 aromatic carbocycles. The fraction of sp³-hybridized carbons (Fsp3) is 0.564. The Morgan fingerprint density at radius 2 is 1.20 bits per heavy atom. The predicted octanol–water partition coefficient (Wildman–Crippen LogP) is 6.41. The number of piperidine rings is 2. The number of nitrogens with zero attached hydrogens (tertiary/aromatic N) is 10. The molecule has 2 aliphatic rings. The van der Waals surface area contributed by atoms with Crippen LogP contribution in [-0.4, -0.2) is 113 Å². The van der Waals surface area contributed by atoms with E-state index >= 15 is 0 Å². The van der Waals surface area contributed by atoms with E-state index in [0.29, 0.717) is 37.0 Å². The first kappa shape index (κ1) is 39.3. The van der Waals surface area contributed by atoms with Crippen molar-refractivity contribution in [3.05, 3.63) is 53.9 Å². The Morgan fingerprint density at radius 3 is 1.67 bits per heavy atom. The molecule has 16 heteroatoms. The molecule has 0 radical (unpaired) electrons. The van der Waals surface area contributed by atoms with Crippen LogP contribution in [0.25, 0.3) is 22.4 Å². The maximum Gasteiger partial charge on any atom is 0.410 e. The summed E-state index contributed by atoms with van der Waals surface area (Å²) >= 11 is 0. The monoisotopic (exact) mass is 758 g/mol. The Kier molecular flexibility index (Phi) is 11.3. The number of methoxy groups -OCH3 is 2. The molecule has 2 saturated heterocycles. The third-order valence-electron chi connectivity index (χ3n) is 9.51. The van der Waals surface area contributed by atoms with Crippen molar-refractivity contribution >= 4 is 23.5 Å². The summed E-state index contributed by atoms with van der Waals surface area (Å²) < 4.78 is 27.3. The smallest absolute Gasteiger partial charge is 0.410 e. The fourth-order valence-corrected chi connectivity index (χ4v) is 6.91. The van der Waals surface area contributed by atoms with E-state index in [1.807, 2.05) is 73.8 Å². The topological polar surface area (TPSA) is 156 Å². The van der Waals surface area contributed by atoms with Gasteiger partial charge in [-0.05, 0) is 74.1 Å². The Hall–Kier alpha value is -5.41. The van der Waals surface area contributed by atoms with Crippen molar-refractivity contribution in [3.63, 3.8) is 0 Å². The van der Waals surface area contributed by atoms with Crippen LogP contribution >= 0.6 is 0 Å². The van der Waals surface area contributed by atoms with Crippen LogP contribution in [0.1, 0.15) is 96.0 Å². The molecule has 2 atom stereocenters. The van der Waals surface area contributed by atoms with Crippen molar-refractivity contribution in [1.29, 1.82) is 0 Å². The van der Waals surface area contributed by atoms with Gasteiger partial charge in [0.25, 0.3) is 0 Å². The van der Waals surface area contributed by atoms with E-state index in [-0.39, 0.29) is 24.0 Å². The van der Waals surface area contributed by atoms with E-state index in [1.165, 1.54) is 0 Å². The molecule has 0 aliphatic carbocycles. The number of likely N-dealkylation sites (tertiary alicyclic amines) is 2. The molecular formula is C39H54N10O6. The van der Waals surface area contributed by atoms with Crippen molar-refractivity contribution in [2.45, 2.75) is 97.2 Å². The molecule has 5 aromatic rings.